The maximum Gasteiger partial charge on any atom is 0.338 e. The Labute approximate surface area is 156 Å². The topological polar surface area (TPSA) is 75.7 Å². The van der Waals surface area contributed by atoms with Gasteiger partial charge >= 0.3 is 5.97 Å². The van der Waals surface area contributed by atoms with E-state index < -0.39 is 30.2 Å². The predicted octanol–water partition coefficient (Wildman–Crippen LogP) is 2.70. The van der Waals surface area contributed by atoms with Gasteiger partial charge in [0.15, 0.2) is 6.61 Å². The molecule has 0 heterocycles. The van der Waals surface area contributed by atoms with Gasteiger partial charge in [0.2, 0.25) is 5.91 Å². The first kappa shape index (κ1) is 20.1. The van der Waals surface area contributed by atoms with Crippen LogP contribution >= 0.6 is 0 Å². The summed E-state index contributed by atoms with van der Waals surface area (Å²) in [7, 11) is 1.43. The number of aryl methyl sites for hydroxylation is 1. The van der Waals surface area contributed by atoms with Crippen LogP contribution in [0.1, 0.15) is 21.5 Å². The van der Waals surface area contributed by atoms with Gasteiger partial charge in [-0.05, 0) is 55.3 Å². The molecule has 2 aromatic carbocycles. The number of likely N-dealkylation sites (N-methyl/N-ethyl adjacent to an activating group) is 1. The molecule has 0 saturated heterocycles. The number of anilines is 1. The van der Waals surface area contributed by atoms with Crippen molar-refractivity contribution in [2.24, 2.45) is 0 Å². The second kappa shape index (κ2) is 8.93. The minimum atomic E-state index is -0.589. The highest BCUT2D eigenvalue weighted by Crippen LogP contribution is 2.14. The Bertz CT molecular complexity index is 850. The average Bonchev–Trinajstić information content (AvgIpc) is 2.63. The fraction of sp³-hybridized carbons (Fsp3) is 0.250. The Balaban J connectivity index is 1.84. The first-order valence-electron chi connectivity index (χ1n) is 8.30. The number of amides is 2. The van der Waals surface area contributed by atoms with Crippen molar-refractivity contribution in [1.82, 2.24) is 4.90 Å². The fourth-order valence-corrected chi connectivity index (χ4v) is 2.32. The van der Waals surface area contributed by atoms with Gasteiger partial charge in [0.1, 0.15) is 5.82 Å². The minimum Gasteiger partial charge on any atom is -0.452 e. The van der Waals surface area contributed by atoms with Crippen molar-refractivity contribution < 1.29 is 23.5 Å². The molecular formula is C20H21FN2O4. The lowest BCUT2D eigenvalue weighted by molar-refractivity contribution is -0.136. The van der Waals surface area contributed by atoms with Crippen molar-refractivity contribution >= 4 is 23.5 Å². The number of nitrogens with one attached hydrogen (secondary N) is 1. The summed E-state index contributed by atoms with van der Waals surface area (Å²) in [6, 6.07) is 10.5. The number of benzene rings is 2. The Kier molecular flexibility index (Phi) is 6.65. The fourth-order valence-electron chi connectivity index (χ4n) is 2.32. The molecule has 0 unspecified atom stereocenters. The van der Waals surface area contributed by atoms with E-state index in [0.29, 0.717) is 11.3 Å². The molecule has 7 heteroatoms. The van der Waals surface area contributed by atoms with Gasteiger partial charge < -0.3 is 15.0 Å². The minimum absolute atomic E-state index is 0.225. The molecular weight excluding hydrogens is 351 g/mol. The first-order chi connectivity index (χ1) is 12.8. The molecule has 2 aromatic rings. The van der Waals surface area contributed by atoms with Crippen LogP contribution in [0.3, 0.4) is 0 Å². The van der Waals surface area contributed by atoms with E-state index in [-0.39, 0.29) is 6.54 Å². The monoisotopic (exact) mass is 372 g/mol. The molecule has 0 aliphatic carbocycles. The Morgan fingerprint density at radius 3 is 2.41 bits per heavy atom. The molecule has 0 aliphatic rings. The SMILES string of the molecule is Cc1cccc(C(=O)OCC(=O)N(C)CC(=O)Nc2ccc(F)cc2)c1C. The van der Waals surface area contributed by atoms with E-state index >= 15 is 0 Å². The highest BCUT2D eigenvalue weighted by Gasteiger charge is 2.17. The summed E-state index contributed by atoms with van der Waals surface area (Å²) in [4.78, 5) is 37.3. The molecule has 0 bridgehead atoms. The number of hydrogen-bond acceptors (Lipinski definition) is 4. The van der Waals surface area contributed by atoms with Crippen molar-refractivity contribution in [2.45, 2.75) is 13.8 Å². The van der Waals surface area contributed by atoms with Crippen molar-refractivity contribution in [3.8, 4) is 0 Å². The van der Waals surface area contributed by atoms with Gasteiger partial charge in [0.05, 0.1) is 12.1 Å². The molecule has 6 nitrogen and oxygen atoms in total. The lowest BCUT2D eigenvalue weighted by Crippen LogP contribution is -2.37. The summed E-state index contributed by atoms with van der Waals surface area (Å²) >= 11 is 0. The summed E-state index contributed by atoms with van der Waals surface area (Å²) in [6.45, 7) is 2.99. The lowest BCUT2D eigenvalue weighted by atomic mass is 10.0. The molecule has 0 spiro atoms. The van der Waals surface area contributed by atoms with E-state index in [1.165, 1.54) is 31.3 Å². The molecule has 27 heavy (non-hydrogen) atoms. The van der Waals surface area contributed by atoms with Crippen molar-refractivity contribution in [2.75, 3.05) is 25.5 Å². The van der Waals surface area contributed by atoms with Gasteiger partial charge in [-0.25, -0.2) is 9.18 Å². The van der Waals surface area contributed by atoms with Gasteiger partial charge in [-0.2, -0.15) is 0 Å². The number of hydrogen-bond donors (Lipinski definition) is 1. The van der Waals surface area contributed by atoms with E-state index in [9.17, 15) is 18.8 Å². The molecule has 0 radical (unpaired) electrons. The third-order valence-corrected chi connectivity index (χ3v) is 4.09. The van der Waals surface area contributed by atoms with Crippen molar-refractivity contribution in [3.63, 3.8) is 0 Å². The molecule has 2 rings (SSSR count). The second-order valence-electron chi connectivity index (χ2n) is 6.13. The van der Waals surface area contributed by atoms with Gasteiger partial charge in [-0.3, -0.25) is 9.59 Å². The van der Waals surface area contributed by atoms with Gasteiger partial charge in [-0.15, -0.1) is 0 Å². The molecule has 0 fully saturated rings. The number of carbonyl (C=O) groups excluding carboxylic acids is 3. The quantitative estimate of drug-likeness (QED) is 0.791. The third kappa shape index (κ3) is 5.64. The van der Waals surface area contributed by atoms with Crippen LogP contribution in [0, 0.1) is 19.7 Å². The van der Waals surface area contributed by atoms with Crippen LogP contribution in [0.5, 0.6) is 0 Å². The summed E-state index contributed by atoms with van der Waals surface area (Å²) in [5.41, 5.74) is 2.57. The molecule has 1 N–H and O–H groups in total. The highest BCUT2D eigenvalue weighted by atomic mass is 19.1. The van der Waals surface area contributed by atoms with Crippen LogP contribution < -0.4 is 5.32 Å². The smallest absolute Gasteiger partial charge is 0.338 e. The Morgan fingerprint density at radius 2 is 1.74 bits per heavy atom. The van der Waals surface area contributed by atoms with Crippen LogP contribution in [-0.4, -0.2) is 42.9 Å². The van der Waals surface area contributed by atoms with E-state index in [1.54, 1.807) is 19.1 Å². The molecule has 0 aliphatic heterocycles. The maximum atomic E-state index is 12.9. The number of rotatable bonds is 6. The maximum absolute atomic E-state index is 12.9. The molecule has 0 atom stereocenters. The van der Waals surface area contributed by atoms with Crippen LogP contribution in [0.15, 0.2) is 42.5 Å². The van der Waals surface area contributed by atoms with Gasteiger partial charge in [0, 0.05) is 12.7 Å². The van der Waals surface area contributed by atoms with E-state index in [2.05, 4.69) is 5.32 Å². The number of nitrogens with zero attached hydrogens (tertiary/aromatic N) is 1. The first-order valence-corrected chi connectivity index (χ1v) is 8.30. The molecule has 0 saturated carbocycles. The third-order valence-electron chi connectivity index (χ3n) is 4.09. The number of ether oxygens (including phenoxy) is 1. The number of carbonyl (C=O) groups is 3. The summed E-state index contributed by atoms with van der Waals surface area (Å²) in [5.74, 6) is -1.96. The highest BCUT2D eigenvalue weighted by molar-refractivity contribution is 5.96. The number of halogens is 1. The van der Waals surface area contributed by atoms with Gasteiger partial charge in [0.25, 0.3) is 5.91 Å². The van der Waals surface area contributed by atoms with Crippen LogP contribution in [-0.2, 0) is 14.3 Å². The molecule has 2 amide bonds. The predicted molar refractivity (Wildman–Crippen MR) is 98.9 cm³/mol. The van der Waals surface area contributed by atoms with Crippen molar-refractivity contribution in [3.05, 3.63) is 65.0 Å². The van der Waals surface area contributed by atoms with Crippen LogP contribution in [0.4, 0.5) is 10.1 Å². The Hall–Kier alpha value is -3.22. The molecule has 0 aromatic heterocycles. The second-order valence-corrected chi connectivity index (χ2v) is 6.13. The summed E-state index contributed by atoms with van der Waals surface area (Å²) in [5, 5.41) is 2.55. The zero-order chi connectivity index (χ0) is 20.0. The van der Waals surface area contributed by atoms with E-state index in [1.807, 2.05) is 13.0 Å². The normalized spacial score (nSPS) is 10.2. The zero-order valence-corrected chi connectivity index (χ0v) is 15.4. The lowest BCUT2D eigenvalue weighted by Gasteiger charge is -2.17. The number of esters is 1. The van der Waals surface area contributed by atoms with Crippen LogP contribution in [0.2, 0.25) is 0 Å². The van der Waals surface area contributed by atoms with Crippen LogP contribution in [0.25, 0.3) is 0 Å². The van der Waals surface area contributed by atoms with E-state index in [0.717, 1.165) is 16.0 Å². The zero-order valence-electron chi connectivity index (χ0n) is 15.4. The van der Waals surface area contributed by atoms with E-state index in [4.69, 9.17) is 4.74 Å². The van der Waals surface area contributed by atoms with Crippen molar-refractivity contribution in [1.29, 1.82) is 0 Å². The largest absolute Gasteiger partial charge is 0.452 e. The summed E-state index contributed by atoms with van der Waals surface area (Å²) in [6.07, 6.45) is 0. The van der Waals surface area contributed by atoms with Gasteiger partial charge in [-0.1, -0.05) is 12.1 Å². The standard InChI is InChI=1S/C20H21FN2O4/c1-13-5-4-6-17(14(13)2)20(26)27-12-19(25)23(3)11-18(24)22-16-9-7-15(21)8-10-16/h4-10H,11-12H2,1-3H3,(H,22,24). The summed E-state index contributed by atoms with van der Waals surface area (Å²) < 4.78 is 17.9. The average molecular weight is 372 g/mol. The molecule has 142 valence electrons. The Morgan fingerprint density at radius 1 is 1.07 bits per heavy atom.